The van der Waals surface area contributed by atoms with Crippen LogP contribution in [-0.4, -0.2) is 18.5 Å². The maximum Gasteiger partial charge on any atom is 0.217 e. The highest BCUT2D eigenvalue weighted by Gasteiger charge is 2.31. The van der Waals surface area contributed by atoms with Crippen molar-refractivity contribution in [2.45, 2.75) is 26.8 Å². The van der Waals surface area contributed by atoms with Gasteiger partial charge in [-0.2, -0.15) is 0 Å². The predicted octanol–water partition coefficient (Wildman–Crippen LogP) is 4.64. The number of nitrogens with zero attached hydrogens (tertiary/aromatic N) is 1. The third kappa shape index (κ3) is 2.43. The lowest BCUT2D eigenvalue weighted by Crippen LogP contribution is -2.25. The number of ether oxygens (including phenoxy) is 1. The second kappa shape index (κ2) is 5.02. The fraction of sp³-hybridized carbons (Fsp3) is 0.353. The molecular weight excluding hydrogens is 361 g/mol. The average Bonchev–Trinajstić information content (AvgIpc) is 2.88. The molecule has 104 valence electrons. The van der Waals surface area contributed by atoms with Crippen molar-refractivity contribution in [3.8, 4) is 0 Å². The van der Waals surface area contributed by atoms with E-state index in [2.05, 4.69) is 79.8 Å². The Hall–Kier alpha value is -1.10. The lowest BCUT2D eigenvalue weighted by molar-refractivity contribution is 0.236. The van der Waals surface area contributed by atoms with Crippen LogP contribution in [0.1, 0.15) is 26.3 Å². The number of aliphatic imine (C=N–C) groups is 1. The molecular formula is C17H18INO. The number of halogens is 1. The molecule has 0 spiro atoms. The largest absolute Gasteiger partial charge is 0.475 e. The first-order valence-corrected chi connectivity index (χ1v) is 7.93. The highest BCUT2D eigenvalue weighted by Crippen LogP contribution is 2.30. The molecule has 2 aromatic rings. The zero-order valence-corrected chi connectivity index (χ0v) is 14.1. The molecule has 3 rings (SSSR count). The molecule has 2 aromatic carbocycles. The Labute approximate surface area is 133 Å². The summed E-state index contributed by atoms with van der Waals surface area (Å²) in [7, 11) is 0. The molecule has 0 aliphatic carbocycles. The summed E-state index contributed by atoms with van der Waals surface area (Å²) < 4.78 is 7.13. The van der Waals surface area contributed by atoms with Gasteiger partial charge in [0.05, 0.1) is 6.04 Å². The second-order valence-electron chi connectivity index (χ2n) is 6.27. The minimum Gasteiger partial charge on any atom is -0.475 e. The summed E-state index contributed by atoms with van der Waals surface area (Å²) >= 11 is 2.38. The molecule has 0 radical (unpaired) electrons. The normalized spacial score (nSPS) is 19.0. The Morgan fingerprint density at radius 2 is 1.85 bits per heavy atom. The summed E-state index contributed by atoms with van der Waals surface area (Å²) in [5, 5.41) is 2.48. The number of benzene rings is 2. The van der Waals surface area contributed by atoms with Gasteiger partial charge in [-0.05, 0) is 45.5 Å². The first-order chi connectivity index (χ1) is 9.47. The molecule has 0 saturated heterocycles. The van der Waals surface area contributed by atoms with E-state index in [1.54, 1.807) is 0 Å². The van der Waals surface area contributed by atoms with Crippen molar-refractivity contribution in [1.82, 2.24) is 0 Å². The van der Waals surface area contributed by atoms with E-state index < -0.39 is 0 Å². The van der Waals surface area contributed by atoms with Gasteiger partial charge in [-0.1, -0.05) is 45.0 Å². The van der Waals surface area contributed by atoms with Crippen molar-refractivity contribution >= 4 is 39.3 Å². The molecule has 0 amide bonds. The van der Waals surface area contributed by atoms with Crippen LogP contribution in [0.3, 0.4) is 0 Å². The molecule has 2 nitrogen and oxygen atoms in total. The standard InChI is InChI=1S/C17H18INO/c1-17(2,3)14-10-20-16(19-14)12-8-4-6-11-7-5-9-13(18)15(11)12/h4-9,14H,10H2,1-3H3/t14-/m1/s1. The maximum absolute atomic E-state index is 5.89. The lowest BCUT2D eigenvalue weighted by atomic mass is 9.88. The Bertz CT molecular complexity index is 680. The van der Waals surface area contributed by atoms with E-state index in [-0.39, 0.29) is 11.5 Å². The number of hydrogen-bond acceptors (Lipinski definition) is 2. The van der Waals surface area contributed by atoms with Crippen LogP contribution >= 0.6 is 22.6 Å². The third-order valence-electron chi connectivity index (χ3n) is 3.73. The predicted molar refractivity (Wildman–Crippen MR) is 92.4 cm³/mol. The number of rotatable bonds is 1. The quantitative estimate of drug-likeness (QED) is 0.662. The van der Waals surface area contributed by atoms with Crippen LogP contribution in [0.25, 0.3) is 10.8 Å². The van der Waals surface area contributed by atoms with Crippen molar-refractivity contribution < 1.29 is 4.74 Å². The fourth-order valence-electron chi connectivity index (χ4n) is 2.44. The van der Waals surface area contributed by atoms with Crippen molar-refractivity contribution in [3.05, 3.63) is 45.5 Å². The lowest BCUT2D eigenvalue weighted by Gasteiger charge is -2.21. The van der Waals surface area contributed by atoms with E-state index >= 15 is 0 Å². The second-order valence-corrected chi connectivity index (χ2v) is 7.43. The van der Waals surface area contributed by atoms with E-state index in [1.807, 2.05) is 0 Å². The Kier molecular flexibility index (Phi) is 3.48. The van der Waals surface area contributed by atoms with Crippen molar-refractivity contribution in [3.63, 3.8) is 0 Å². The van der Waals surface area contributed by atoms with Gasteiger partial charge in [0, 0.05) is 14.5 Å². The smallest absolute Gasteiger partial charge is 0.217 e. The summed E-state index contributed by atoms with van der Waals surface area (Å²) in [5.41, 5.74) is 1.25. The highest BCUT2D eigenvalue weighted by molar-refractivity contribution is 14.1. The van der Waals surface area contributed by atoms with Gasteiger partial charge in [0.1, 0.15) is 6.61 Å². The Balaban J connectivity index is 2.12. The van der Waals surface area contributed by atoms with Gasteiger partial charge in [0.15, 0.2) is 0 Å². The van der Waals surface area contributed by atoms with Crippen molar-refractivity contribution in [2.24, 2.45) is 10.4 Å². The summed E-state index contributed by atoms with van der Waals surface area (Å²) in [6.07, 6.45) is 0. The van der Waals surface area contributed by atoms with E-state index in [0.29, 0.717) is 6.61 Å². The summed E-state index contributed by atoms with van der Waals surface area (Å²) in [6, 6.07) is 12.9. The molecule has 0 bridgehead atoms. The molecule has 1 aliphatic rings. The highest BCUT2D eigenvalue weighted by atomic mass is 127. The van der Waals surface area contributed by atoms with Crippen LogP contribution < -0.4 is 0 Å². The van der Waals surface area contributed by atoms with Gasteiger partial charge >= 0.3 is 0 Å². The SMILES string of the molecule is CC(C)(C)[C@H]1COC(c2cccc3cccc(I)c23)=N1. The van der Waals surface area contributed by atoms with E-state index in [0.717, 1.165) is 11.5 Å². The average molecular weight is 379 g/mol. The molecule has 1 heterocycles. The monoisotopic (exact) mass is 379 g/mol. The van der Waals surface area contributed by atoms with Gasteiger partial charge < -0.3 is 4.74 Å². The number of fused-ring (bicyclic) bond motifs is 1. The van der Waals surface area contributed by atoms with Crippen LogP contribution in [0.4, 0.5) is 0 Å². The molecule has 1 atom stereocenters. The molecule has 1 aliphatic heterocycles. The van der Waals surface area contributed by atoms with E-state index in [9.17, 15) is 0 Å². The Morgan fingerprint density at radius 3 is 2.50 bits per heavy atom. The fourth-order valence-corrected chi connectivity index (χ4v) is 3.25. The van der Waals surface area contributed by atoms with Crippen molar-refractivity contribution in [1.29, 1.82) is 0 Å². The summed E-state index contributed by atoms with van der Waals surface area (Å²) in [4.78, 5) is 4.81. The summed E-state index contributed by atoms with van der Waals surface area (Å²) in [5.74, 6) is 0.791. The minimum atomic E-state index is 0.138. The molecule has 3 heteroatoms. The van der Waals surface area contributed by atoms with Gasteiger partial charge in [-0.3, -0.25) is 0 Å². The molecule has 0 aromatic heterocycles. The summed E-state index contributed by atoms with van der Waals surface area (Å²) in [6.45, 7) is 7.31. The van der Waals surface area contributed by atoms with Gasteiger partial charge in [0.25, 0.3) is 0 Å². The molecule has 0 unspecified atom stereocenters. The van der Waals surface area contributed by atoms with E-state index in [4.69, 9.17) is 9.73 Å². The van der Waals surface area contributed by atoms with Crippen molar-refractivity contribution in [2.75, 3.05) is 6.61 Å². The molecule has 0 N–H and O–H groups in total. The van der Waals surface area contributed by atoms with E-state index in [1.165, 1.54) is 14.3 Å². The molecule has 20 heavy (non-hydrogen) atoms. The van der Waals surface area contributed by atoms with Gasteiger partial charge in [-0.25, -0.2) is 4.99 Å². The topological polar surface area (TPSA) is 21.6 Å². The first-order valence-electron chi connectivity index (χ1n) is 6.85. The third-order valence-corrected chi connectivity index (χ3v) is 4.63. The van der Waals surface area contributed by atoms with Crippen LogP contribution in [0.2, 0.25) is 0 Å². The van der Waals surface area contributed by atoms with Crippen LogP contribution in [0.5, 0.6) is 0 Å². The Morgan fingerprint density at radius 1 is 1.15 bits per heavy atom. The maximum atomic E-state index is 5.89. The van der Waals surface area contributed by atoms with Gasteiger partial charge in [-0.15, -0.1) is 0 Å². The number of hydrogen-bond donors (Lipinski definition) is 0. The molecule has 0 saturated carbocycles. The minimum absolute atomic E-state index is 0.138. The molecule has 0 fully saturated rings. The first kappa shape index (κ1) is 13.9. The van der Waals surface area contributed by atoms with Gasteiger partial charge in [0.2, 0.25) is 5.90 Å². The zero-order valence-electron chi connectivity index (χ0n) is 12.0. The van der Waals surface area contributed by atoms with Crippen LogP contribution in [-0.2, 0) is 4.74 Å². The van der Waals surface area contributed by atoms with Crippen LogP contribution in [0.15, 0.2) is 41.4 Å². The zero-order chi connectivity index (χ0) is 14.3. The van der Waals surface area contributed by atoms with Crippen LogP contribution in [0, 0.1) is 8.99 Å².